The molecule has 0 aliphatic carbocycles. The maximum atomic E-state index is 14.2. The normalized spacial score (nSPS) is 20.5. The van der Waals surface area contributed by atoms with Gasteiger partial charge in [0.05, 0.1) is 0 Å². The topological polar surface area (TPSA) is 77.0 Å². The molecule has 0 spiro atoms. The average molecular weight is 345 g/mol. The van der Waals surface area contributed by atoms with Crippen LogP contribution in [0.1, 0.15) is 49.6 Å². The van der Waals surface area contributed by atoms with Gasteiger partial charge in [0, 0.05) is 18.5 Å². The minimum absolute atomic E-state index is 0.00134. The highest BCUT2D eigenvalue weighted by molar-refractivity contribution is 5.91. The summed E-state index contributed by atoms with van der Waals surface area (Å²) in [4.78, 5) is 19.1. The van der Waals surface area contributed by atoms with Gasteiger partial charge in [-0.15, -0.1) is 5.10 Å². The summed E-state index contributed by atoms with van der Waals surface area (Å²) in [5.74, 6) is 0.359. The molecule has 2 aromatic rings. The Morgan fingerprint density at radius 3 is 2.72 bits per heavy atom. The molecule has 1 aromatic carbocycles. The molecule has 0 saturated carbocycles. The number of benzene rings is 1. The van der Waals surface area contributed by atoms with Crippen LogP contribution in [-0.2, 0) is 0 Å². The molecule has 3 rings (SSSR count). The third-order valence-electron chi connectivity index (χ3n) is 4.68. The first-order chi connectivity index (χ1) is 11.9. The predicted octanol–water partition coefficient (Wildman–Crippen LogP) is 2.34. The number of carbonyl (C=O) groups excluding carboxylic acids is 1. The summed E-state index contributed by atoms with van der Waals surface area (Å²) in [7, 11) is 0. The molecule has 1 saturated heterocycles. The molecule has 134 valence electrons. The lowest BCUT2D eigenvalue weighted by Gasteiger charge is -2.19. The van der Waals surface area contributed by atoms with Crippen LogP contribution in [0, 0.1) is 11.7 Å². The van der Waals surface area contributed by atoms with E-state index in [2.05, 4.69) is 10.1 Å². The van der Waals surface area contributed by atoms with Crippen LogP contribution in [0.25, 0.3) is 5.69 Å². The minimum atomic E-state index is -0.397. The van der Waals surface area contributed by atoms with E-state index in [0.717, 1.165) is 6.42 Å². The summed E-state index contributed by atoms with van der Waals surface area (Å²) in [6, 6.07) is 6.46. The number of carbonyl (C=O) groups is 1. The van der Waals surface area contributed by atoms with Crippen LogP contribution in [0.5, 0.6) is 0 Å². The van der Waals surface area contributed by atoms with Gasteiger partial charge in [0.1, 0.15) is 17.3 Å². The Balaban J connectivity index is 1.97. The number of hydrogen-bond acceptors (Lipinski definition) is 4. The Hall–Kier alpha value is -2.28. The molecule has 6 nitrogen and oxygen atoms in total. The van der Waals surface area contributed by atoms with Crippen LogP contribution in [0.2, 0.25) is 0 Å². The second kappa shape index (κ2) is 6.92. The average Bonchev–Trinajstić information content (AvgIpc) is 3.18. The first-order valence-corrected chi connectivity index (χ1v) is 8.65. The molecule has 1 fully saturated rings. The van der Waals surface area contributed by atoms with Crippen LogP contribution in [0.4, 0.5) is 4.39 Å². The number of aromatic nitrogens is 3. The number of para-hydroxylation sites is 1. The Bertz CT molecular complexity index is 773. The second-order valence-electron chi connectivity index (χ2n) is 6.96. The summed E-state index contributed by atoms with van der Waals surface area (Å²) in [5.41, 5.74) is 6.04. The van der Waals surface area contributed by atoms with Gasteiger partial charge < -0.3 is 10.6 Å². The van der Waals surface area contributed by atoms with Gasteiger partial charge in [0.2, 0.25) is 5.82 Å². The fourth-order valence-electron chi connectivity index (χ4n) is 3.31. The zero-order valence-electron chi connectivity index (χ0n) is 14.8. The first-order valence-electron chi connectivity index (χ1n) is 8.65. The third kappa shape index (κ3) is 3.28. The van der Waals surface area contributed by atoms with Gasteiger partial charge in [-0.05, 0) is 37.9 Å². The highest BCUT2D eigenvalue weighted by Crippen LogP contribution is 2.25. The Labute approximate surface area is 146 Å². The van der Waals surface area contributed by atoms with Gasteiger partial charge in [0.15, 0.2) is 0 Å². The van der Waals surface area contributed by atoms with Crippen molar-refractivity contribution in [3.05, 3.63) is 41.7 Å². The van der Waals surface area contributed by atoms with Gasteiger partial charge in [-0.25, -0.2) is 14.1 Å². The molecule has 1 amide bonds. The van der Waals surface area contributed by atoms with Gasteiger partial charge in [-0.3, -0.25) is 4.79 Å². The lowest BCUT2D eigenvalue weighted by molar-refractivity contribution is 0.0731. The van der Waals surface area contributed by atoms with Crippen molar-refractivity contribution in [2.75, 3.05) is 13.1 Å². The minimum Gasteiger partial charge on any atom is -0.333 e. The Morgan fingerprint density at radius 1 is 1.40 bits per heavy atom. The number of amides is 1. The molecular formula is C18H24FN5O. The summed E-state index contributed by atoms with van der Waals surface area (Å²) in [5, 5.41) is 4.34. The highest BCUT2D eigenvalue weighted by Gasteiger charge is 2.34. The lowest BCUT2D eigenvalue weighted by atomic mass is 10.1. The van der Waals surface area contributed by atoms with E-state index in [4.69, 9.17) is 5.73 Å². The van der Waals surface area contributed by atoms with E-state index in [0.29, 0.717) is 30.5 Å². The number of rotatable bonds is 4. The molecular weight excluding hydrogens is 321 g/mol. The molecule has 2 atom stereocenters. The molecule has 1 aromatic heterocycles. The van der Waals surface area contributed by atoms with E-state index in [9.17, 15) is 9.18 Å². The van der Waals surface area contributed by atoms with Crippen molar-refractivity contribution in [3.63, 3.8) is 0 Å². The van der Waals surface area contributed by atoms with Crippen molar-refractivity contribution in [1.82, 2.24) is 19.7 Å². The van der Waals surface area contributed by atoms with Crippen LogP contribution < -0.4 is 5.73 Å². The van der Waals surface area contributed by atoms with E-state index in [1.165, 1.54) is 10.7 Å². The summed E-state index contributed by atoms with van der Waals surface area (Å²) in [6.07, 6.45) is 0.882. The second-order valence-corrected chi connectivity index (χ2v) is 6.96. The number of nitrogens with two attached hydrogens (primary N) is 1. The van der Waals surface area contributed by atoms with Crippen molar-refractivity contribution in [2.45, 2.75) is 39.2 Å². The quantitative estimate of drug-likeness (QED) is 0.923. The highest BCUT2D eigenvalue weighted by atomic mass is 19.1. The van der Waals surface area contributed by atoms with Gasteiger partial charge in [-0.1, -0.05) is 26.0 Å². The fourth-order valence-corrected chi connectivity index (χ4v) is 3.31. The first kappa shape index (κ1) is 17.5. The molecule has 2 heterocycles. The SMILES string of the molecule is CC(C)c1nc(C(=O)N2CC(CN)CC2C)nn1-c1ccccc1F. The van der Waals surface area contributed by atoms with Crippen LogP contribution in [0.3, 0.4) is 0 Å². The van der Waals surface area contributed by atoms with Crippen LogP contribution >= 0.6 is 0 Å². The van der Waals surface area contributed by atoms with Crippen molar-refractivity contribution in [2.24, 2.45) is 11.7 Å². The number of hydrogen-bond donors (Lipinski definition) is 1. The standard InChI is InChI=1S/C18H24FN5O/c1-11(2)17-21-16(18(25)23-10-13(9-20)8-12(23)3)22-24(17)15-7-5-4-6-14(15)19/h4-7,11-13H,8-10,20H2,1-3H3. The Morgan fingerprint density at radius 2 is 2.12 bits per heavy atom. The summed E-state index contributed by atoms with van der Waals surface area (Å²) >= 11 is 0. The number of likely N-dealkylation sites (tertiary alicyclic amines) is 1. The lowest BCUT2D eigenvalue weighted by Crippen LogP contribution is -2.35. The smallest absolute Gasteiger partial charge is 0.293 e. The fraction of sp³-hybridized carbons (Fsp3) is 0.500. The molecule has 2 unspecified atom stereocenters. The van der Waals surface area contributed by atoms with Crippen LogP contribution in [0.15, 0.2) is 24.3 Å². The van der Waals surface area contributed by atoms with Gasteiger partial charge in [0.25, 0.3) is 5.91 Å². The monoisotopic (exact) mass is 345 g/mol. The van der Waals surface area contributed by atoms with E-state index >= 15 is 0 Å². The van der Waals surface area contributed by atoms with E-state index < -0.39 is 5.82 Å². The number of halogens is 1. The van der Waals surface area contributed by atoms with Crippen molar-refractivity contribution < 1.29 is 9.18 Å². The molecule has 25 heavy (non-hydrogen) atoms. The van der Waals surface area contributed by atoms with Gasteiger partial charge >= 0.3 is 0 Å². The van der Waals surface area contributed by atoms with Crippen molar-refractivity contribution >= 4 is 5.91 Å². The zero-order valence-corrected chi connectivity index (χ0v) is 14.8. The molecule has 0 radical (unpaired) electrons. The number of nitrogens with zero attached hydrogens (tertiary/aromatic N) is 4. The maximum absolute atomic E-state index is 14.2. The van der Waals surface area contributed by atoms with Crippen LogP contribution in [-0.4, -0.2) is 44.7 Å². The Kier molecular flexibility index (Phi) is 4.85. The van der Waals surface area contributed by atoms with Crippen molar-refractivity contribution in [3.8, 4) is 5.69 Å². The van der Waals surface area contributed by atoms with E-state index in [-0.39, 0.29) is 23.7 Å². The molecule has 1 aliphatic heterocycles. The zero-order chi connectivity index (χ0) is 18.1. The molecule has 7 heteroatoms. The summed E-state index contributed by atoms with van der Waals surface area (Å²) < 4.78 is 15.6. The molecule has 1 aliphatic rings. The predicted molar refractivity (Wildman–Crippen MR) is 93.1 cm³/mol. The third-order valence-corrected chi connectivity index (χ3v) is 4.68. The summed E-state index contributed by atoms with van der Waals surface area (Å²) in [6.45, 7) is 7.06. The van der Waals surface area contributed by atoms with E-state index in [1.54, 1.807) is 23.1 Å². The largest absolute Gasteiger partial charge is 0.333 e. The van der Waals surface area contributed by atoms with Gasteiger partial charge in [-0.2, -0.15) is 0 Å². The van der Waals surface area contributed by atoms with E-state index in [1.807, 2.05) is 20.8 Å². The molecule has 0 bridgehead atoms. The maximum Gasteiger partial charge on any atom is 0.293 e. The van der Waals surface area contributed by atoms with Crippen molar-refractivity contribution in [1.29, 1.82) is 0 Å². The molecule has 2 N–H and O–H groups in total.